The van der Waals surface area contributed by atoms with Crippen LogP contribution in [0.15, 0.2) is 24.7 Å². The first-order valence-electron chi connectivity index (χ1n) is 4.95. The summed E-state index contributed by atoms with van der Waals surface area (Å²) in [6, 6.07) is 1.94. The average molecular weight is 241 g/mol. The Morgan fingerprint density at radius 1 is 1.56 bits per heavy atom. The highest BCUT2D eigenvalue weighted by Gasteiger charge is 2.10. The summed E-state index contributed by atoms with van der Waals surface area (Å²) in [5.74, 6) is 1.23. The van der Waals surface area contributed by atoms with Crippen LogP contribution in [0.4, 0.5) is 5.82 Å². The largest absolute Gasteiger partial charge is 0.383 e. The monoisotopic (exact) mass is 240 g/mol. The lowest BCUT2D eigenvalue weighted by Gasteiger charge is -2.15. The maximum absolute atomic E-state index is 5.83. The summed E-state index contributed by atoms with van der Waals surface area (Å²) in [6.07, 6.45) is 5.22. The molecule has 2 heterocycles. The predicted octanol–water partition coefficient (Wildman–Crippen LogP) is 1.40. The van der Waals surface area contributed by atoms with E-state index in [1.807, 2.05) is 6.07 Å². The molecular formula is C10H13ClN4O. The van der Waals surface area contributed by atoms with Crippen molar-refractivity contribution in [1.29, 1.82) is 0 Å². The Kier molecular flexibility index (Phi) is 3.58. The molecule has 0 aromatic carbocycles. The number of hydrogen-bond acceptors (Lipinski definition) is 4. The van der Waals surface area contributed by atoms with E-state index in [4.69, 9.17) is 16.3 Å². The normalized spacial score (nSPS) is 12.9. The minimum absolute atomic E-state index is 0.0419. The number of anilines is 1. The number of aromatic nitrogens is 3. The highest BCUT2D eigenvalue weighted by atomic mass is 35.5. The van der Waals surface area contributed by atoms with E-state index in [1.54, 1.807) is 30.2 Å². The van der Waals surface area contributed by atoms with Crippen LogP contribution in [0, 0.1) is 0 Å². The summed E-state index contributed by atoms with van der Waals surface area (Å²) in [7, 11) is 1.65. The Hall–Kier alpha value is -1.33. The van der Waals surface area contributed by atoms with Crippen LogP contribution in [0.25, 0.3) is 5.52 Å². The Balaban J connectivity index is 2.22. The standard InChI is InChI=1S/C10H13ClN4O/c1-16-7-8(6-11)14-10-9-2-3-13-15(9)5-4-12-10/h2-5,8H,6-7H2,1H3,(H,12,14). The van der Waals surface area contributed by atoms with Crippen LogP contribution in [0.5, 0.6) is 0 Å². The summed E-state index contributed by atoms with van der Waals surface area (Å²) in [5, 5.41) is 7.36. The van der Waals surface area contributed by atoms with Crippen LogP contribution in [-0.4, -0.2) is 40.2 Å². The highest BCUT2D eigenvalue weighted by Crippen LogP contribution is 2.13. The molecule has 0 aliphatic rings. The van der Waals surface area contributed by atoms with Crippen LogP contribution in [0.3, 0.4) is 0 Å². The zero-order valence-electron chi connectivity index (χ0n) is 8.93. The second-order valence-electron chi connectivity index (χ2n) is 3.39. The molecular weight excluding hydrogens is 228 g/mol. The summed E-state index contributed by atoms with van der Waals surface area (Å²) in [4.78, 5) is 4.26. The smallest absolute Gasteiger partial charge is 0.152 e. The van der Waals surface area contributed by atoms with Crippen LogP contribution < -0.4 is 5.32 Å². The predicted molar refractivity (Wildman–Crippen MR) is 63.0 cm³/mol. The van der Waals surface area contributed by atoms with Gasteiger partial charge in [-0.3, -0.25) is 0 Å². The second-order valence-corrected chi connectivity index (χ2v) is 3.70. The summed E-state index contributed by atoms with van der Waals surface area (Å²) < 4.78 is 6.82. The Morgan fingerprint density at radius 3 is 3.19 bits per heavy atom. The number of ether oxygens (including phenoxy) is 1. The third kappa shape index (κ3) is 2.25. The molecule has 16 heavy (non-hydrogen) atoms. The van der Waals surface area contributed by atoms with Gasteiger partial charge in [0, 0.05) is 25.4 Å². The molecule has 0 saturated heterocycles. The summed E-state index contributed by atoms with van der Waals surface area (Å²) in [5.41, 5.74) is 0.925. The van der Waals surface area contributed by atoms with Gasteiger partial charge >= 0.3 is 0 Å². The van der Waals surface area contributed by atoms with Gasteiger partial charge in [0.2, 0.25) is 0 Å². The van der Waals surface area contributed by atoms with Gasteiger partial charge in [-0.05, 0) is 6.07 Å². The van der Waals surface area contributed by atoms with E-state index in [2.05, 4.69) is 15.4 Å². The van der Waals surface area contributed by atoms with Crippen molar-refractivity contribution in [1.82, 2.24) is 14.6 Å². The van der Waals surface area contributed by atoms with Gasteiger partial charge in [-0.15, -0.1) is 11.6 Å². The third-order valence-electron chi connectivity index (χ3n) is 2.22. The molecule has 2 aromatic rings. The van der Waals surface area contributed by atoms with Crippen molar-refractivity contribution in [3.8, 4) is 0 Å². The van der Waals surface area contributed by atoms with Crippen molar-refractivity contribution in [2.75, 3.05) is 24.9 Å². The summed E-state index contributed by atoms with van der Waals surface area (Å²) in [6.45, 7) is 0.542. The molecule has 6 heteroatoms. The number of methoxy groups -OCH3 is 1. The zero-order chi connectivity index (χ0) is 11.4. The lowest BCUT2D eigenvalue weighted by molar-refractivity contribution is 0.191. The maximum atomic E-state index is 5.83. The fraction of sp³-hybridized carbons (Fsp3) is 0.400. The van der Waals surface area contributed by atoms with Crippen molar-refractivity contribution in [3.05, 3.63) is 24.7 Å². The molecule has 5 nitrogen and oxygen atoms in total. The Morgan fingerprint density at radius 2 is 2.44 bits per heavy atom. The van der Waals surface area contributed by atoms with Gasteiger partial charge in [-0.1, -0.05) is 0 Å². The molecule has 2 rings (SSSR count). The molecule has 0 fully saturated rings. The molecule has 0 amide bonds. The third-order valence-corrected chi connectivity index (χ3v) is 2.59. The molecule has 1 N–H and O–H groups in total. The first-order valence-corrected chi connectivity index (χ1v) is 5.48. The molecule has 86 valence electrons. The average Bonchev–Trinajstić information content (AvgIpc) is 2.77. The van der Waals surface area contributed by atoms with E-state index < -0.39 is 0 Å². The van der Waals surface area contributed by atoms with Crippen LogP contribution in [-0.2, 0) is 4.74 Å². The van der Waals surface area contributed by atoms with Crippen molar-refractivity contribution in [2.45, 2.75) is 6.04 Å². The van der Waals surface area contributed by atoms with Crippen molar-refractivity contribution >= 4 is 22.9 Å². The van der Waals surface area contributed by atoms with Gasteiger partial charge in [0.05, 0.1) is 18.8 Å². The lowest BCUT2D eigenvalue weighted by Crippen LogP contribution is -2.27. The van der Waals surface area contributed by atoms with E-state index in [0.29, 0.717) is 12.5 Å². The number of hydrogen-bond donors (Lipinski definition) is 1. The van der Waals surface area contributed by atoms with Crippen molar-refractivity contribution in [2.24, 2.45) is 0 Å². The van der Waals surface area contributed by atoms with Gasteiger partial charge in [0.1, 0.15) is 5.52 Å². The molecule has 2 aromatic heterocycles. The van der Waals surface area contributed by atoms with E-state index in [1.165, 1.54) is 0 Å². The van der Waals surface area contributed by atoms with E-state index in [0.717, 1.165) is 11.3 Å². The second kappa shape index (κ2) is 5.14. The SMILES string of the molecule is COCC(CCl)Nc1nccn2nccc12. The lowest BCUT2D eigenvalue weighted by atomic mass is 10.3. The van der Waals surface area contributed by atoms with Gasteiger partial charge in [-0.25, -0.2) is 9.50 Å². The molecule has 1 unspecified atom stereocenters. The number of fused-ring (bicyclic) bond motifs is 1. The van der Waals surface area contributed by atoms with E-state index in [9.17, 15) is 0 Å². The fourth-order valence-corrected chi connectivity index (χ4v) is 1.65. The van der Waals surface area contributed by atoms with Gasteiger partial charge < -0.3 is 10.1 Å². The molecule has 0 aliphatic carbocycles. The molecule has 0 bridgehead atoms. The van der Waals surface area contributed by atoms with Crippen LogP contribution in [0.2, 0.25) is 0 Å². The number of alkyl halides is 1. The molecule has 0 radical (unpaired) electrons. The highest BCUT2D eigenvalue weighted by molar-refractivity contribution is 6.18. The van der Waals surface area contributed by atoms with Crippen LogP contribution in [0.1, 0.15) is 0 Å². The number of rotatable bonds is 5. The molecule has 0 saturated carbocycles. The van der Waals surface area contributed by atoms with Crippen LogP contribution >= 0.6 is 11.6 Å². The van der Waals surface area contributed by atoms with Gasteiger partial charge in [-0.2, -0.15) is 5.10 Å². The first kappa shape index (κ1) is 11.2. The van der Waals surface area contributed by atoms with E-state index in [-0.39, 0.29) is 6.04 Å². The number of nitrogens with one attached hydrogen (secondary N) is 1. The fourth-order valence-electron chi connectivity index (χ4n) is 1.49. The Bertz CT molecular complexity index is 459. The minimum Gasteiger partial charge on any atom is -0.383 e. The molecule has 0 aliphatic heterocycles. The van der Waals surface area contributed by atoms with Gasteiger partial charge in [0.15, 0.2) is 5.82 Å². The molecule has 1 atom stereocenters. The quantitative estimate of drug-likeness (QED) is 0.803. The van der Waals surface area contributed by atoms with Crippen molar-refractivity contribution < 1.29 is 4.74 Å². The minimum atomic E-state index is 0.0419. The zero-order valence-corrected chi connectivity index (χ0v) is 9.68. The first-order chi connectivity index (χ1) is 7.85. The van der Waals surface area contributed by atoms with Gasteiger partial charge in [0.25, 0.3) is 0 Å². The summed E-state index contributed by atoms with van der Waals surface area (Å²) >= 11 is 5.83. The van der Waals surface area contributed by atoms with E-state index >= 15 is 0 Å². The molecule has 0 spiro atoms. The Labute approximate surface area is 98.4 Å². The topological polar surface area (TPSA) is 51.5 Å². The number of halogens is 1. The van der Waals surface area contributed by atoms with Crippen molar-refractivity contribution in [3.63, 3.8) is 0 Å². The maximum Gasteiger partial charge on any atom is 0.152 e. The number of nitrogens with zero attached hydrogens (tertiary/aromatic N) is 3.